The number of nitriles is 1. The van der Waals surface area contributed by atoms with Crippen molar-refractivity contribution in [3.8, 4) is 40.1 Å². The normalized spacial score (nSPS) is 21.8. The lowest BCUT2D eigenvalue weighted by Gasteiger charge is -2.63. The monoisotopic (exact) mass is 957 g/mol. The maximum Gasteiger partial charge on any atom is 0.251 e. The molecular weight excluding hydrogens is 889 g/mol. The second-order valence-electron chi connectivity index (χ2n) is 22.4. The molecule has 4 aliphatic rings. The van der Waals surface area contributed by atoms with Gasteiger partial charge in [-0.15, -0.1) is 0 Å². The van der Waals surface area contributed by atoms with Crippen molar-refractivity contribution in [2.75, 3.05) is 51.3 Å². The van der Waals surface area contributed by atoms with E-state index in [-0.39, 0.29) is 40.2 Å². The number of carbonyl (C=O) groups is 2. The maximum absolute atomic E-state index is 13.8. The highest BCUT2D eigenvalue weighted by atomic mass is 16.5. The van der Waals surface area contributed by atoms with Crippen LogP contribution in [-0.4, -0.2) is 105 Å². The number of rotatable bonds is 11. The lowest BCUT2D eigenvalue weighted by Crippen LogP contribution is -2.74. The molecule has 10 rings (SSSR count). The smallest absolute Gasteiger partial charge is 0.251 e. The molecule has 1 unspecified atom stereocenters. The molecule has 6 heterocycles. The molecule has 1 saturated carbocycles. The minimum atomic E-state index is -0.346. The van der Waals surface area contributed by atoms with Crippen LogP contribution in [0.3, 0.4) is 0 Å². The van der Waals surface area contributed by atoms with Crippen LogP contribution in [0.2, 0.25) is 0 Å². The molecule has 6 aromatic rings. The van der Waals surface area contributed by atoms with Crippen molar-refractivity contribution in [1.29, 1.82) is 5.26 Å². The number of methoxy groups -OCH3 is 1. The minimum Gasteiger partial charge on any atom is -0.495 e. The van der Waals surface area contributed by atoms with E-state index in [1.54, 1.807) is 36.9 Å². The molecule has 370 valence electrons. The Balaban J connectivity index is 0.759. The highest BCUT2D eigenvalue weighted by Gasteiger charge is 2.64. The molecule has 1 N–H and O–H groups in total. The van der Waals surface area contributed by atoms with Crippen molar-refractivity contribution in [1.82, 2.24) is 39.7 Å². The fourth-order valence-electron chi connectivity index (χ4n) is 12.8. The van der Waals surface area contributed by atoms with Gasteiger partial charge in [-0.1, -0.05) is 59.7 Å². The summed E-state index contributed by atoms with van der Waals surface area (Å²) in [5.41, 5.74) is 7.97. The molecule has 14 nitrogen and oxygen atoms in total. The summed E-state index contributed by atoms with van der Waals surface area (Å²) < 4.78 is 16.1. The minimum absolute atomic E-state index is 0.0880. The van der Waals surface area contributed by atoms with E-state index < -0.39 is 0 Å². The van der Waals surface area contributed by atoms with E-state index in [1.165, 1.54) is 5.69 Å². The Bertz CT molecular complexity index is 3010. The molecule has 3 fully saturated rings. The summed E-state index contributed by atoms with van der Waals surface area (Å²) in [5, 5.41) is 24.7. The van der Waals surface area contributed by atoms with Crippen LogP contribution in [0.5, 0.6) is 11.5 Å². The predicted molar refractivity (Wildman–Crippen MR) is 276 cm³/mol. The van der Waals surface area contributed by atoms with Crippen molar-refractivity contribution >= 4 is 28.3 Å². The molecule has 1 aliphatic carbocycles. The Hall–Kier alpha value is -6.72. The number of amides is 2. The summed E-state index contributed by atoms with van der Waals surface area (Å²) in [7, 11) is 3.46. The Morgan fingerprint density at radius 2 is 1.68 bits per heavy atom. The zero-order chi connectivity index (χ0) is 50.0. The van der Waals surface area contributed by atoms with Gasteiger partial charge in [-0.05, 0) is 78.4 Å². The topological polar surface area (TPSA) is 147 Å². The van der Waals surface area contributed by atoms with Gasteiger partial charge in [-0.3, -0.25) is 23.9 Å². The third kappa shape index (κ3) is 8.91. The van der Waals surface area contributed by atoms with Gasteiger partial charge in [-0.2, -0.15) is 15.5 Å². The van der Waals surface area contributed by atoms with Crippen LogP contribution >= 0.6 is 0 Å². The molecule has 1 atom stereocenters. The lowest BCUT2D eigenvalue weighted by molar-refractivity contribution is -0.164. The Morgan fingerprint density at radius 1 is 0.915 bits per heavy atom. The van der Waals surface area contributed by atoms with Crippen molar-refractivity contribution < 1.29 is 19.1 Å². The number of piperidine rings is 2. The van der Waals surface area contributed by atoms with E-state index in [0.717, 1.165) is 103 Å². The van der Waals surface area contributed by atoms with Gasteiger partial charge in [0.1, 0.15) is 23.7 Å². The molecule has 0 radical (unpaired) electrons. The summed E-state index contributed by atoms with van der Waals surface area (Å²) in [6.07, 6.45) is 9.60. The van der Waals surface area contributed by atoms with Gasteiger partial charge in [0.05, 0.1) is 36.3 Å². The summed E-state index contributed by atoms with van der Waals surface area (Å²) in [6.45, 7) is 21.3. The van der Waals surface area contributed by atoms with Crippen molar-refractivity contribution in [2.24, 2.45) is 29.2 Å². The Labute approximate surface area is 417 Å². The van der Waals surface area contributed by atoms with E-state index >= 15 is 0 Å². The van der Waals surface area contributed by atoms with E-state index in [4.69, 9.17) is 19.6 Å². The summed E-state index contributed by atoms with van der Waals surface area (Å²) >= 11 is 0. The first-order chi connectivity index (χ1) is 33.9. The second-order valence-corrected chi connectivity index (χ2v) is 22.4. The fraction of sp³-hybridized carbons (Fsp3) is 0.474. The predicted octanol–water partition coefficient (Wildman–Crippen LogP) is 9.09. The number of ether oxygens (including phenoxy) is 2. The molecule has 3 aliphatic heterocycles. The molecule has 71 heavy (non-hydrogen) atoms. The van der Waals surface area contributed by atoms with E-state index in [9.17, 15) is 14.9 Å². The number of benzene rings is 3. The standard InChI is InChI=1S/C57H68N10O4/c1-36(68)65-26-22-49-47(34-65)51(45-12-10-11-38-27-48(59-31-46(38)45)40-30-60-63(8)32-40)62-67(49)43-20-23-64(24-21-43)33-41-19-25-66(35-55(41,2)3)42-16-13-37(14-17-42)52(69)61-53-56(4,5)54(57(53,6)7)71-44-18-15-39(29-58)50(28-44)70-9/h10-18,27-28,30-32,41,43,53-54H,19-26,33-35H2,1-9H3,(H,61,69). The number of anilines is 1. The van der Waals surface area contributed by atoms with Gasteiger partial charge >= 0.3 is 0 Å². The van der Waals surface area contributed by atoms with Crippen LogP contribution in [0, 0.1) is 33.5 Å². The molecule has 3 aromatic heterocycles. The quantitative estimate of drug-likeness (QED) is 0.133. The molecule has 2 amide bonds. The fourth-order valence-corrected chi connectivity index (χ4v) is 12.8. The molecule has 14 heteroatoms. The van der Waals surface area contributed by atoms with Gasteiger partial charge in [-0.25, -0.2) is 0 Å². The molecule has 2 saturated heterocycles. The average molecular weight is 957 g/mol. The van der Waals surface area contributed by atoms with Crippen LogP contribution in [0.25, 0.3) is 33.3 Å². The number of nitrogens with zero attached hydrogens (tertiary/aromatic N) is 9. The summed E-state index contributed by atoms with van der Waals surface area (Å²) in [6, 6.07) is 24.3. The number of pyridine rings is 1. The summed E-state index contributed by atoms with van der Waals surface area (Å²) in [5.74, 6) is 1.68. The van der Waals surface area contributed by atoms with Gasteiger partial charge in [0.25, 0.3) is 5.91 Å². The third-order valence-corrected chi connectivity index (χ3v) is 16.5. The van der Waals surface area contributed by atoms with Crippen molar-refractivity contribution in [3.63, 3.8) is 0 Å². The first-order valence-electron chi connectivity index (χ1n) is 25.3. The number of likely N-dealkylation sites (tertiary alicyclic amines) is 1. The van der Waals surface area contributed by atoms with Crippen LogP contribution < -0.4 is 19.7 Å². The van der Waals surface area contributed by atoms with Crippen LogP contribution in [-0.2, 0) is 24.8 Å². The highest BCUT2D eigenvalue weighted by Crippen LogP contribution is 2.56. The second kappa shape index (κ2) is 18.5. The van der Waals surface area contributed by atoms with Gasteiger partial charge in [0, 0.05) is 141 Å². The van der Waals surface area contributed by atoms with Crippen molar-refractivity contribution in [2.45, 2.75) is 98.9 Å². The van der Waals surface area contributed by atoms with Gasteiger partial charge in [0.15, 0.2) is 0 Å². The highest BCUT2D eigenvalue weighted by molar-refractivity contribution is 5.98. The van der Waals surface area contributed by atoms with E-state index in [2.05, 4.69) is 109 Å². The Morgan fingerprint density at radius 3 is 2.35 bits per heavy atom. The molecule has 0 bridgehead atoms. The van der Waals surface area contributed by atoms with Crippen molar-refractivity contribution in [3.05, 3.63) is 108 Å². The number of nitrogens with one attached hydrogen (secondary N) is 1. The van der Waals surface area contributed by atoms with Crippen LogP contribution in [0.15, 0.2) is 85.3 Å². The third-order valence-electron chi connectivity index (χ3n) is 16.5. The van der Waals surface area contributed by atoms with E-state index in [1.807, 2.05) is 42.7 Å². The van der Waals surface area contributed by atoms with Crippen LogP contribution in [0.4, 0.5) is 5.69 Å². The zero-order valence-electron chi connectivity index (χ0n) is 42.8. The number of aromatic nitrogens is 5. The number of carbonyl (C=O) groups excluding carboxylic acids is 2. The average Bonchev–Trinajstić information content (AvgIpc) is 3.98. The molecular formula is C57H68N10O4. The SMILES string of the molecule is COc1cc(OC2C(C)(C)C(NC(=O)c3ccc(N4CCC(CN5CCC(n6nc(-c7cccc8cc(-c9cnn(C)c9)ncc78)c7c6CCN(C(C)=O)C7)CC5)C(C)(C)C4)cc3)C2(C)C)ccc1C#N. The van der Waals surface area contributed by atoms with E-state index in [0.29, 0.717) is 47.7 Å². The first-order valence-corrected chi connectivity index (χ1v) is 25.3. The molecule has 0 spiro atoms. The largest absolute Gasteiger partial charge is 0.495 e. The maximum atomic E-state index is 13.8. The van der Waals surface area contributed by atoms with Crippen LogP contribution in [0.1, 0.15) is 101 Å². The first kappa shape index (κ1) is 47.9. The number of hydrogen-bond donors (Lipinski definition) is 1. The lowest BCUT2D eigenvalue weighted by atomic mass is 9.49. The number of hydrogen-bond acceptors (Lipinski definition) is 10. The summed E-state index contributed by atoms with van der Waals surface area (Å²) in [4.78, 5) is 38.5. The zero-order valence-corrected chi connectivity index (χ0v) is 42.8. The van der Waals surface area contributed by atoms with Gasteiger partial charge < -0.3 is 29.5 Å². The van der Waals surface area contributed by atoms with Gasteiger partial charge in [0.2, 0.25) is 5.91 Å². The molecule has 3 aromatic carbocycles. The number of aryl methyl sites for hydroxylation is 1. The Kier molecular flexibility index (Phi) is 12.5. The number of fused-ring (bicyclic) bond motifs is 2.